The SMILES string of the molecule is Cc1nc2n(n1)CCC(CCC(=O)O)C2. The van der Waals surface area contributed by atoms with Crippen LogP contribution in [0.2, 0.25) is 0 Å². The number of carboxylic acid groups (broad SMARTS) is 1. The van der Waals surface area contributed by atoms with E-state index in [9.17, 15) is 4.79 Å². The van der Waals surface area contributed by atoms with Crippen LogP contribution in [0.5, 0.6) is 0 Å². The zero-order valence-electron chi connectivity index (χ0n) is 8.81. The van der Waals surface area contributed by atoms with Gasteiger partial charge in [0.15, 0.2) is 0 Å². The average molecular weight is 209 g/mol. The normalized spacial score (nSPS) is 19.9. The maximum atomic E-state index is 10.5. The van der Waals surface area contributed by atoms with Gasteiger partial charge in [-0.05, 0) is 25.7 Å². The molecule has 2 rings (SSSR count). The number of carboxylic acids is 1. The largest absolute Gasteiger partial charge is 0.481 e. The second kappa shape index (κ2) is 4.00. The molecule has 1 aliphatic heterocycles. The average Bonchev–Trinajstić information content (AvgIpc) is 2.53. The molecule has 0 saturated carbocycles. The van der Waals surface area contributed by atoms with Crippen molar-refractivity contribution in [2.24, 2.45) is 5.92 Å². The third kappa shape index (κ3) is 2.34. The number of aliphatic carboxylic acids is 1. The third-order valence-corrected chi connectivity index (χ3v) is 2.84. The quantitative estimate of drug-likeness (QED) is 0.806. The number of carbonyl (C=O) groups is 1. The fourth-order valence-electron chi connectivity index (χ4n) is 2.07. The summed E-state index contributed by atoms with van der Waals surface area (Å²) in [5.74, 6) is 1.56. The van der Waals surface area contributed by atoms with Gasteiger partial charge in [0, 0.05) is 19.4 Å². The zero-order valence-corrected chi connectivity index (χ0v) is 8.81. The molecule has 2 heterocycles. The number of aromatic nitrogens is 3. The summed E-state index contributed by atoms with van der Waals surface area (Å²) in [5, 5.41) is 12.9. The summed E-state index contributed by atoms with van der Waals surface area (Å²) in [5.41, 5.74) is 0. The predicted molar refractivity (Wildman–Crippen MR) is 53.4 cm³/mol. The highest BCUT2D eigenvalue weighted by Gasteiger charge is 2.21. The van der Waals surface area contributed by atoms with Crippen LogP contribution in [-0.2, 0) is 17.8 Å². The number of nitrogens with zero attached hydrogens (tertiary/aromatic N) is 3. The summed E-state index contributed by atoms with van der Waals surface area (Å²) in [6.07, 6.45) is 2.90. The molecule has 1 N–H and O–H groups in total. The Hall–Kier alpha value is -1.39. The van der Waals surface area contributed by atoms with Crippen molar-refractivity contribution >= 4 is 5.97 Å². The summed E-state index contributed by atoms with van der Waals surface area (Å²) in [6.45, 7) is 2.76. The maximum Gasteiger partial charge on any atom is 0.303 e. The Balaban J connectivity index is 1.96. The zero-order chi connectivity index (χ0) is 10.8. The molecule has 5 heteroatoms. The first-order valence-electron chi connectivity index (χ1n) is 5.27. The van der Waals surface area contributed by atoms with Crippen molar-refractivity contribution in [3.63, 3.8) is 0 Å². The number of hydrogen-bond acceptors (Lipinski definition) is 3. The van der Waals surface area contributed by atoms with Gasteiger partial charge in [0.05, 0.1) is 0 Å². The summed E-state index contributed by atoms with van der Waals surface area (Å²) >= 11 is 0. The lowest BCUT2D eigenvalue weighted by Crippen LogP contribution is -2.21. The van der Waals surface area contributed by atoms with Crippen LogP contribution in [0.4, 0.5) is 0 Å². The Morgan fingerprint density at radius 2 is 2.47 bits per heavy atom. The lowest BCUT2D eigenvalue weighted by Gasteiger charge is -2.21. The molecule has 0 saturated heterocycles. The molecule has 0 amide bonds. The minimum Gasteiger partial charge on any atom is -0.481 e. The van der Waals surface area contributed by atoms with Gasteiger partial charge < -0.3 is 5.11 Å². The van der Waals surface area contributed by atoms with Crippen LogP contribution in [0.1, 0.15) is 30.9 Å². The Kier molecular flexibility index (Phi) is 2.70. The van der Waals surface area contributed by atoms with Crippen LogP contribution < -0.4 is 0 Å². The van der Waals surface area contributed by atoms with Crippen LogP contribution in [0.15, 0.2) is 0 Å². The number of fused-ring (bicyclic) bond motifs is 1. The van der Waals surface area contributed by atoms with Gasteiger partial charge in [-0.25, -0.2) is 9.67 Å². The van der Waals surface area contributed by atoms with E-state index < -0.39 is 5.97 Å². The van der Waals surface area contributed by atoms with Crippen molar-refractivity contribution < 1.29 is 9.90 Å². The van der Waals surface area contributed by atoms with E-state index in [1.54, 1.807) is 0 Å². The summed E-state index contributed by atoms with van der Waals surface area (Å²) in [7, 11) is 0. The van der Waals surface area contributed by atoms with Gasteiger partial charge in [-0.15, -0.1) is 0 Å². The molecule has 1 aliphatic rings. The lowest BCUT2D eigenvalue weighted by atomic mass is 9.93. The van der Waals surface area contributed by atoms with E-state index in [1.165, 1.54) is 0 Å². The number of hydrogen-bond donors (Lipinski definition) is 1. The van der Waals surface area contributed by atoms with Crippen LogP contribution in [0, 0.1) is 12.8 Å². The molecule has 0 spiro atoms. The van der Waals surface area contributed by atoms with Crippen molar-refractivity contribution in [3.8, 4) is 0 Å². The highest BCUT2D eigenvalue weighted by atomic mass is 16.4. The van der Waals surface area contributed by atoms with Crippen LogP contribution >= 0.6 is 0 Å². The molecular formula is C10H15N3O2. The van der Waals surface area contributed by atoms with Crippen molar-refractivity contribution in [1.82, 2.24) is 14.8 Å². The van der Waals surface area contributed by atoms with E-state index in [-0.39, 0.29) is 6.42 Å². The van der Waals surface area contributed by atoms with Crippen molar-refractivity contribution in [3.05, 3.63) is 11.6 Å². The summed E-state index contributed by atoms with van der Waals surface area (Å²) in [4.78, 5) is 14.8. The Labute approximate surface area is 88.1 Å². The van der Waals surface area contributed by atoms with Gasteiger partial charge in [0.25, 0.3) is 0 Å². The van der Waals surface area contributed by atoms with E-state index in [0.29, 0.717) is 5.92 Å². The molecule has 1 atom stereocenters. The van der Waals surface area contributed by atoms with E-state index in [1.807, 2.05) is 11.6 Å². The molecular weight excluding hydrogens is 194 g/mol. The number of rotatable bonds is 3. The van der Waals surface area contributed by atoms with E-state index in [2.05, 4.69) is 10.1 Å². The molecule has 0 aliphatic carbocycles. The van der Waals surface area contributed by atoms with Crippen LogP contribution in [0.25, 0.3) is 0 Å². The number of aryl methyl sites for hydroxylation is 2. The standard InChI is InChI=1S/C10H15N3O2/c1-7-11-9-6-8(2-3-10(14)15)4-5-13(9)12-7/h8H,2-6H2,1H3,(H,14,15). The first-order chi connectivity index (χ1) is 7.15. The van der Waals surface area contributed by atoms with E-state index in [4.69, 9.17) is 5.11 Å². The van der Waals surface area contributed by atoms with Gasteiger partial charge in [0.2, 0.25) is 0 Å². The minimum absolute atomic E-state index is 0.262. The third-order valence-electron chi connectivity index (χ3n) is 2.84. The van der Waals surface area contributed by atoms with E-state index >= 15 is 0 Å². The molecule has 5 nitrogen and oxygen atoms in total. The highest BCUT2D eigenvalue weighted by molar-refractivity contribution is 5.66. The predicted octanol–water partition coefficient (Wildman–Crippen LogP) is 1.01. The smallest absolute Gasteiger partial charge is 0.303 e. The topological polar surface area (TPSA) is 68.0 Å². The molecule has 0 aromatic carbocycles. The molecule has 1 unspecified atom stereocenters. The molecule has 82 valence electrons. The second-order valence-electron chi connectivity index (χ2n) is 4.09. The van der Waals surface area contributed by atoms with Crippen molar-refractivity contribution in [2.75, 3.05) is 0 Å². The highest BCUT2D eigenvalue weighted by Crippen LogP contribution is 2.22. The lowest BCUT2D eigenvalue weighted by molar-refractivity contribution is -0.137. The minimum atomic E-state index is -0.710. The molecule has 15 heavy (non-hydrogen) atoms. The monoisotopic (exact) mass is 209 g/mol. The molecule has 0 bridgehead atoms. The van der Waals surface area contributed by atoms with Crippen molar-refractivity contribution in [2.45, 2.75) is 39.2 Å². The Bertz CT molecular complexity index is 373. The van der Waals surface area contributed by atoms with Gasteiger partial charge in [0.1, 0.15) is 11.6 Å². The molecule has 0 fully saturated rings. The van der Waals surface area contributed by atoms with Gasteiger partial charge >= 0.3 is 5.97 Å². The molecule has 0 radical (unpaired) electrons. The fourth-order valence-corrected chi connectivity index (χ4v) is 2.07. The fraction of sp³-hybridized carbons (Fsp3) is 0.700. The first kappa shape index (κ1) is 10.1. The maximum absolute atomic E-state index is 10.5. The van der Waals surface area contributed by atoms with Gasteiger partial charge in [-0.3, -0.25) is 4.79 Å². The summed E-state index contributed by atoms with van der Waals surface area (Å²) < 4.78 is 1.94. The summed E-state index contributed by atoms with van der Waals surface area (Å²) in [6, 6.07) is 0. The van der Waals surface area contributed by atoms with E-state index in [0.717, 1.165) is 37.5 Å². The molecule has 1 aromatic heterocycles. The first-order valence-corrected chi connectivity index (χ1v) is 5.27. The molecule has 1 aromatic rings. The van der Waals surface area contributed by atoms with Gasteiger partial charge in [-0.2, -0.15) is 5.10 Å². The second-order valence-corrected chi connectivity index (χ2v) is 4.09. The van der Waals surface area contributed by atoms with Gasteiger partial charge in [-0.1, -0.05) is 0 Å². The van der Waals surface area contributed by atoms with Crippen LogP contribution in [0.3, 0.4) is 0 Å². The Morgan fingerprint density at radius 3 is 3.20 bits per heavy atom. The Morgan fingerprint density at radius 1 is 1.67 bits per heavy atom. The van der Waals surface area contributed by atoms with Crippen molar-refractivity contribution in [1.29, 1.82) is 0 Å². The van der Waals surface area contributed by atoms with Crippen LogP contribution in [-0.4, -0.2) is 25.8 Å².